The third-order valence-corrected chi connectivity index (χ3v) is 5.18. The van der Waals surface area contributed by atoms with E-state index in [1.54, 1.807) is 0 Å². The number of hydrogen-bond acceptors (Lipinski definition) is 8. The first kappa shape index (κ1) is 35.0. The molecule has 3 atom stereocenters. The topological polar surface area (TPSA) is 194 Å². The molecule has 0 saturated carbocycles. The maximum atomic E-state index is 14.0. The third-order valence-electron chi connectivity index (χ3n) is 5.18. The molecule has 13 nitrogen and oxygen atoms in total. The van der Waals surface area contributed by atoms with Crippen LogP contribution in [0.2, 0.25) is 0 Å². The number of halogens is 3. The number of hydrogen-bond donors (Lipinski definition) is 6. The second-order valence-electron chi connectivity index (χ2n) is 8.51. The maximum Gasteiger partial charge on any atom is 0.246 e. The second kappa shape index (κ2) is 20.0. The number of nitrogens with one attached hydrogen (secondary N) is 3. The summed E-state index contributed by atoms with van der Waals surface area (Å²) in [6.07, 6.45) is -5.96. The average Bonchev–Trinajstić information content (AvgIpc) is 2.89. The fourth-order valence-electron chi connectivity index (χ4n) is 2.79. The Morgan fingerprint density at radius 3 is 1.63 bits per heavy atom. The van der Waals surface area contributed by atoms with E-state index in [0.29, 0.717) is 5.06 Å². The fourth-order valence-corrected chi connectivity index (χ4v) is 2.79. The Bertz CT molecular complexity index is 765. The number of carbonyl (C=O) groups is 5. The Morgan fingerprint density at radius 1 is 0.711 bits per heavy atom. The van der Waals surface area contributed by atoms with Crippen LogP contribution in [0.3, 0.4) is 0 Å². The standard InChI is InChI=1S/C22H39F3N6O7/c1-15(32)30(37)10-7-17(24)13-29-21(35)4-5-22(36)31(38)11-8-18(25)14-28-20(34)3-2-19(33)27-9-6-16(23)12-26/h16-18,37-38H,2-14,26H2,1H3,(H,27,33)(H,28,34)(H,29,35). The first-order valence-electron chi connectivity index (χ1n) is 12.2. The molecule has 0 heterocycles. The lowest BCUT2D eigenvalue weighted by Crippen LogP contribution is -2.36. The molecular formula is C22H39F3N6O7. The van der Waals surface area contributed by atoms with E-state index >= 15 is 0 Å². The van der Waals surface area contributed by atoms with Gasteiger partial charge in [0.1, 0.15) is 18.5 Å². The van der Waals surface area contributed by atoms with Crippen molar-refractivity contribution in [3.8, 4) is 0 Å². The highest BCUT2D eigenvalue weighted by molar-refractivity contribution is 5.84. The van der Waals surface area contributed by atoms with Crippen LogP contribution < -0.4 is 21.7 Å². The first-order chi connectivity index (χ1) is 17.8. The molecule has 220 valence electrons. The average molecular weight is 557 g/mol. The summed E-state index contributed by atoms with van der Waals surface area (Å²) in [6, 6.07) is 0. The van der Waals surface area contributed by atoms with Crippen LogP contribution in [0, 0.1) is 0 Å². The van der Waals surface area contributed by atoms with E-state index in [2.05, 4.69) is 16.0 Å². The number of nitrogens with zero attached hydrogens (tertiary/aromatic N) is 2. The van der Waals surface area contributed by atoms with E-state index in [4.69, 9.17) is 10.9 Å². The van der Waals surface area contributed by atoms with E-state index in [0.717, 1.165) is 6.92 Å². The molecule has 0 spiro atoms. The van der Waals surface area contributed by atoms with Gasteiger partial charge in [0.15, 0.2) is 0 Å². The minimum atomic E-state index is -1.60. The number of alkyl halides is 3. The summed E-state index contributed by atoms with van der Waals surface area (Å²) >= 11 is 0. The molecule has 38 heavy (non-hydrogen) atoms. The van der Waals surface area contributed by atoms with Gasteiger partial charge in [-0.15, -0.1) is 0 Å². The number of amides is 5. The predicted octanol–water partition coefficient (Wildman–Crippen LogP) is -0.506. The minimum absolute atomic E-state index is 0.0598. The van der Waals surface area contributed by atoms with Crippen LogP contribution in [0.25, 0.3) is 0 Å². The lowest BCUT2D eigenvalue weighted by Gasteiger charge is -2.17. The molecule has 0 radical (unpaired) electrons. The molecule has 3 unspecified atom stereocenters. The van der Waals surface area contributed by atoms with Gasteiger partial charge in [0.25, 0.3) is 0 Å². The van der Waals surface area contributed by atoms with Gasteiger partial charge in [0.2, 0.25) is 29.5 Å². The Labute approximate surface area is 219 Å². The van der Waals surface area contributed by atoms with Gasteiger partial charge in [-0.25, -0.2) is 23.3 Å². The van der Waals surface area contributed by atoms with Gasteiger partial charge in [-0.2, -0.15) is 0 Å². The Hall–Kier alpha value is -2.98. The van der Waals surface area contributed by atoms with Gasteiger partial charge in [0, 0.05) is 71.6 Å². The summed E-state index contributed by atoms with van der Waals surface area (Å²) in [6.45, 7) is -0.420. The Kier molecular flexibility index (Phi) is 18.5. The van der Waals surface area contributed by atoms with Gasteiger partial charge in [-0.3, -0.25) is 34.4 Å². The minimum Gasteiger partial charge on any atom is -0.356 e. The van der Waals surface area contributed by atoms with Gasteiger partial charge in [-0.1, -0.05) is 0 Å². The number of nitrogens with two attached hydrogens (primary N) is 1. The summed E-state index contributed by atoms with van der Waals surface area (Å²) in [5.41, 5.74) is 5.12. The van der Waals surface area contributed by atoms with E-state index in [9.17, 15) is 42.4 Å². The zero-order valence-corrected chi connectivity index (χ0v) is 21.5. The van der Waals surface area contributed by atoms with Crippen molar-refractivity contribution in [1.29, 1.82) is 0 Å². The van der Waals surface area contributed by atoms with Crippen LogP contribution in [-0.2, 0) is 24.0 Å². The molecule has 0 aromatic heterocycles. The number of carbonyl (C=O) groups excluding carboxylic acids is 5. The largest absolute Gasteiger partial charge is 0.356 e. The van der Waals surface area contributed by atoms with Crippen molar-refractivity contribution in [2.45, 2.75) is 70.4 Å². The maximum absolute atomic E-state index is 14.0. The molecule has 0 fully saturated rings. The monoisotopic (exact) mass is 556 g/mol. The first-order valence-corrected chi connectivity index (χ1v) is 12.2. The SMILES string of the molecule is CC(=O)N(O)CCC(F)CNC(=O)CCC(=O)N(O)CCC(F)CNC(=O)CCC(=O)NCCC(F)CN. The summed E-state index contributed by atoms with van der Waals surface area (Å²) in [5.74, 6) is -3.22. The molecule has 7 N–H and O–H groups in total. The molecule has 0 aliphatic heterocycles. The highest BCUT2D eigenvalue weighted by Gasteiger charge is 2.18. The Balaban J connectivity index is 4.00. The Morgan fingerprint density at radius 2 is 1.16 bits per heavy atom. The predicted molar refractivity (Wildman–Crippen MR) is 128 cm³/mol. The fraction of sp³-hybridized carbons (Fsp3) is 0.773. The summed E-state index contributed by atoms with van der Waals surface area (Å²) in [5, 5.41) is 26.4. The van der Waals surface area contributed by atoms with E-state index < -0.39 is 74.1 Å². The zero-order chi connectivity index (χ0) is 29.1. The second-order valence-corrected chi connectivity index (χ2v) is 8.51. The van der Waals surface area contributed by atoms with Crippen LogP contribution in [0.15, 0.2) is 0 Å². The van der Waals surface area contributed by atoms with Crippen molar-refractivity contribution < 1.29 is 47.6 Å². The van der Waals surface area contributed by atoms with Gasteiger partial charge in [0.05, 0.1) is 13.1 Å². The number of hydroxylamine groups is 4. The quantitative estimate of drug-likeness (QED) is 0.0852. The van der Waals surface area contributed by atoms with Crippen molar-refractivity contribution in [3.05, 3.63) is 0 Å². The lowest BCUT2D eigenvalue weighted by atomic mass is 10.2. The third kappa shape index (κ3) is 18.3. The van der Waals surface area contributed by atoms with Crippen LogP contribution >= 0.6 is 0 Å². The molecular weight excluding hydrogens is 517 g/mol. The van der Waals surface area contributed by atoms with Crippen molar-refractivity contribution in [2.24, 2.45) is 5.73 Å². The van der Waals surface area contributed by atoms with Crippen LogP contribution in [0.4, 0.5) is 13.2 Å². The van der Waals surface area contributed by atoms with Crippen molar-refractivity contribution in [3.63, 3.8) is 0 Å². The molecule has 0 aromatic carbocycles. The summed E-state index contributed by atoms with van der Waals surface area (Å²) < 4.78 is 40.6. The van der Waals surface area contributed by atoms with Crippen LogP contribution in [0.5, 0.6) is 0 Å². The lowest BCUT2D eigenvalue weighted by molar-refractivity contribution is -0.166. The van der Waals surface area contributed by atoms with E-state index in [1.165, 1.54) is 0 Å². The molecule has 0 saturated heterocycles. The molecule has 0 aliphatic rings. The van der Waals surface area contributed by atoms with Crippen LogP contribution in [-0.4, -0.2) is 108 Å². The van der Waals surface area contributed by atoms with Gasteiger partial charge >= 0.3 is 0 Å². The summed E-state index contributed by atoms with van der Waals surface area (Å²) in [7, 11) is 0. The van der Waals surface area contributed by atoms with Gasteiger partial charge in [-0.05, 0) is 6.42 Å². The van der Waals surface area contributed by atoms with E-state index in [-0.39, 0.29) is 63.2 Å². The van der Waals surface area contributed by atoms with Crippen molar-refractivity contribution >= 4 is 29.5 Å². The highest BCUT2D eigenvalue weighted by Crippen LogP contribution is 2.03. The van der Waals surface area contributed by atoms with E-state index in [1.807, 2.05) is 0 Å². The highest BCUT2D eigenvalue weighted by atomic mass is 19.1. The smallest absolute Gasteiger partial charge is 0.246 e. The molecule has 0 rings (SSSR count). The molecule has 0 aromatic rings. The zero-order valence-electron chi connectivity index (χ0n) is 21.5. The van der Waals surface area contributed by atoms with Crippen molar-refractivity contribution in [1.82, 2.24) is 26.1 Å². The molecule has 16 heteroatoms. The number of rotatable bonds is 20. The molecule has 0 aliphatic carbocycles. The normalized spacial score (nSPS) is 13.1. The molecule has 0 bridgehead atoms. The molecule has 5 amide bonds. The van der Waals surface area contributed by atoms with Crippen LogP contribution in [0.1, 0.15) is 51.9 Å². The van der Waals surface area contributed by atoms with Crippen molar-refractivity contribution in [2.75, 3.05) is 39.3 Å². The summed E-state index contributed by atoms with van der Waals surface area (Å²) in [4.78, 5) is 57.8. The van der Waals surface area contributed by atoms with Gasteiger partial charge < -0.3 is 21.7 Å².